The molecule has 7 rings (SSSR count). The molecule has 2 aliphatic rings. The van der Waals surface area contributed by atoms with Crippen molar-refractivity contribution >= 4 is 68.8 Å². The summed E-state index contributed by atoms with van der Waals surface area (Å²) in [5.74, 6) is -4.22. The Balaban J connectivity index is 1.39. The SMILES string of the molecule is CC(=O)OC[C@H]1O[C@H](n2cc(C3=C(c4c[nH]c5ncccc45)C(=O)N(COCc4ccccc4)C3=O)c3ccccc32)[C@H](OC(C)=O)[C@@H](OC(C)=O)[C@@H]1OC(C)=O. The first-order chi connectivity index (χ1) is 27.4. The van der Waals surface area contributed by atoms with E-state index in [4.69, 9.17) is 28.4 Å². The van der Waals surface area contributed by atoms with Gasteiger partial charge in [-0.3, -0.25) is 28.8 Å². The molecule has 0 bridgehead atoms. The van der Waals surface area contributed by atoms with E-state index in [0.29, 0.717) is 33.1 Å². The smallest absolute Gasteiger partial charge is 0.303 e. The van der Waals surface area contributed by atoms with Crippen LogP contribution in [-0.2, 0) is 63.8 Å². The van der Waals surface area contributed by atoms with Crippen molar-refractivity contribution in [2.24, 2.45) is 0 Å². The summed E-state index contributed by atoms with van der Waals surface area (Å²) in [5, 5.41) is 1.10. The standard InChI is InChI=1S/C41H38N4O12/c1-22(46)53-20-32-35(54-23(2)47)36(55-24(3)48)37(56-25(4)49)41(57-32)44-18-30(27-13-8-9-15-31(27)44)34-33(29-17-43-38-28(29)14-10-16-42-38)39(50)45(40(34)51)21-52-19-26-11-6-5-7-12-26/h5-18,32,35-37,41H,19-21H2,1-4H3,(H,42,43)/t32-,35-,36+,37-,41+/m1/s1. The molecular weight excluding hydrogens is 740 g/mol. The number of fused-ring (bicyclic) bond motifs is 2. The minimum absolute atomic E-state index is 0.0497. The molecule has 3 aromatic heterocycles. The third kappa shape index (κ3) is 7.77. The van der Waals surface area contributed by atoms with E-state index < -0.39 is 72.9 Å². The van der Waals surface area contributed by atoms with E-state index in [9.17, 15) is 28.8 Å². The summed E-state index contributed by atoms with van der Waals surface area (Å²) in [7, 11) is 0. The highest BCUT2D eigenvalue weighted by molar-refractivity contribution is 6.50. The van der Waals surface area contributed by atoms with Gasteiger partial charge in [0.2, 0.25) is 0 Å². The fourth-order valence-electron chi connectivity index (χ4n) is 7.23. The summed E-state index contributed by atoms with van der Waals surface area (Å²) < 4.78 is 36.3. The Morgan fingerprint density at radius 3 is 2.07 bits per heavy atom. The van der Waals surface area contributed by atoms with E-state index in [1.165, 1.54) is 6.92 Å². The van der Waals surface area contributed by atoms with Gasteiger partial charge in [-0.1, -0.05) is 48.5 Å². The van der Waals surface area contributed by atoms with Crippen LogP contribution in [0.5, 0.6) is 0 Å². The number of nitrogens with one attached hydrogen (secondary N) is 1. The number of para-hydroxylation sites is 1. The summed E-state index contributed by atoms with van der Waals surface area (Å²) in [6.07, 6.45) is -2.03. The Morgan fingerprint density at radius 2 is 1.37 bits per heavy atom. The number of H-pyrrole nitrogens is 1. The molecule has 57 heavy (non-hydrogen) atoms. The summed E-state index contributed by atoms with van der Waals surface area (Å²) in [5.41, 5.74) is 2.69. The van der Waals surface area contributed by atoms with Gasteiger partial charge in [0.1, 0.15) is 25.1 Å². The van der Waals surface area contributed by atoms with Gasteiger partial charge < -0.3 is 38.0 Å². The van der Waals surface area contributed by atoms with Gasteiger partial charge in [0.05, 0.1) is 23.3 Å². The maximum absolute atomic E-state index is 14.6. The Hall–Kier alpha value is -6.65. The third-order valence-electron chi connectivity index (χ3n) is 9.47. The number of hydrogen-bond acceptors (Lipinski definition) is 13. The zero-order valence-electron chi connectivity index (χ0n) is 31.3. The lowest BCUT2D eigenvalue weighted by Crippen LogP contribution is -2.60. The summed E-state index contributed by atoms with van der Waals surface area (Å²) in [6.45, 7) is 3.96. The number of rotatable bonds is 12. The van der Waals surface area contributed by atoms with Gasteiger partial charge in [-0.2, -0.15) is 0 Å². The van der Waals surface area contributed by atoms with Crippen LogP contribution < -0.4 is 0 Å². The van der Waals surface area contributed by atoms with Gasteiger partial charge in [-0.25, -0.2) is 9.88 Å². The molecule has 0 radical (unpaired) electrons. The monoisotopic (exact) mass is 778 g/mol. The highest BCUT2D eigenvalue weighted by Crippen LogP contribution is 2.44. The number of esters is 4. The van der Waals surface area contributed by atoms with Crippen LogP contribution in [0, 0.1) is 0 Å². The molecule has 0 unspecified atom stereocenters. The number of carbonyl (C=O) groups excluding carboxylic acids is 6. The van der Waals surface area contributed by atoms with E-state index >= 15 is 0 Å². The molecule has 2 aromatic carbocycles. The van der Waals surface area contributed by atoms with Crippen molar-refractivity contribution in [1.82, 2.24) is 19.4 Å². The number of ether oxygens (including phenoxy) is 6. The molecule has 5 atom stereocenters. The highest BCUT2D eigenvalue weighted by Gasteiger charge is 2.53. The first-order valence-electron chi connectivity index (χ1n) is 18.0. The van der Waals surface area contributed by atoms with E-state index in [1.807, 2.05) is 30.3 Å². The van der Waals surface area contributed by atoms with E-state index in [-0.39, 0.29) is 24.5 Å². The van der Waals surface area contributed by atoms with Gasteiger partial charge >= 0.3 is 23.9 Å². The highest BCUT2D eigenvalue weighted by atomic mass is 16.7. The molecule has 0 aliphatic carbocycles. The van der Waals surface area contributed by atoms with Gasteiger partial charge in [-0.05, 0) is 23.8 Å². The zero-order valence-corrected chi connectivity index (χ0v) is 31.3. The number of hydrogen-bond donors (Lipinski definition) is 1. The van der Waals surface area contributed by atoms with Crippen LogP contribution in [0.25, 0.3) is 33.1 Å². The molecule has 16 heteroatoms. The first-order valence-corrected chi connectivity index (χ1v) is 18.0. The molecule has 1 saturated heterocycles. The maximum Gasteiger partial charge on any atom is 0.303 e. The second-order valence-electron chi connectivity index (χ2n) is 13.4. The Kier molecular flexibility index (Phi) is 11.0. The molecule has 5 aromatic rings. The molecule has 2 amide bonds. The van der Waals surface area contributed by atoms with Crippen molar-refractivity contribution in [2.45, 2.75) is 64.9 Å². The van der Waals surface area contributed by atoms with Crippen LogP contribution in [0.15, 0.2) is 85.3 Å². The lowest BCUT2D eigenvalue weighted by molar-refractivity contribution is -0.267. The second-order valence-corrected chi connectivity index (χ2v) is 13.4. The number of benzene rings is 2. The van der Waals surface area contributed by atoms with E-state index in [1.54, 1.807) is 59.6 Å². The van der Waals surface area contributed by atoms with Crippen LogP contribution in [0.2, 0.25) is 0 Å². The van der Waals surface area contributed by atoms with Gasteiger partial charge in [0, 0.05) is 68.2 Å². The van der Waals surface area contributed by atoms with E-state index in [2.05, 4.69) is 9.97 Å². The second kappa shape index (κ2) is 16.2. The fraction of sp³-hybridized carbons (Fsp3) is 0.293. The zero-order chi connectivity index (χ0) is 40.4. The minimum Gasteiger partial charge on any atom is -0.463 e. The molecule has 1 fully saturated rings. The maximum atomic E-state index is 14.6. The number of carbonyl (C=O) groups is 6. The number of aromatic nitrogens is 3. The number of amides is 2. The molecule has 294 valence electrons. The summed E-state index contributed by atoms with van der Waals surface area (Å²) >= 11 is 0. The number of pyridine rings is 1. The quantitative estimate of drug-likeness (QED) is 0.108. The molecule has 16 nitrogen and oxygen atoms in total. The predicted molar refractivity (Wildman–Crippen MR) is 200 cm³/mol. The number of imide groups is 1. The van der Waals surface area contributed by atoms with Gasteiger partial charge in [0.15, 0.2) is 24.5 Å². The predicted octanol–water partition coefficient (Wildman–Crippen LogP) is 4.23. The van der Waals surface area contributed by atoms with Crippen molar-refractivity contribution in [1.29, 1.82) is 0 Å². The summed E-state index contributed by atoms with van der Waals surface area (Å²) in [6, 6.07) is 19.8. The summed E-state index contributed by atoms with van der Waals surface area (Å²) in [4.78, 5) is 87.1. The molecular formula is C41H38N4O12. The Labute approximate surface area is 325 Å². The number of aromatic amines is 1. The lowest BCUT2D eigenvalue weighted by atomic mass is 9.96. The van der Waals surface area contributed by atoms with Crippen LogP contribution in [0.4, 0.5) is 0 Å². The van der Waals surface area contributed by atoms with E-state index in [0.717, 1.165) is 31.2 Å². The van der Waals surface area contributed by atoms with Crippen molar-refractivity contribution < 1.29 is 57.2 Å². The normalized spacial score (nSPS) is 20.9. The Morgan fingerprint density at radius 1 is 0.737 bits per heavy atom. The van der Waals surface area contributed by atoms with Crippen LogP contribution in [0.1, 0.15) is 50.6 Å². The van der Waals surface area contributed by atoms with Crippen LogP contribution in [0.3, 0.4) is 0 Å². The van der Waals surface area contributed by atoms with Crippen LogP contribution in [-0.4, -0.2) is 92.9 Å². The number of nitrogens with zero attached hydrogens (tertiary/aromatic N) is 3. The third-order valence-corrected chi connectivity index (χ3v) is 9.47. The minimum atomic E-state index is -1.44. The van der Waals surface area contributed by atoms with Gasteiger partial charge in [0.25, 0.3) is 11.8 Å². The van der Waals surface area contributed by atoms with Crippen LogP contribution >= 0.6 is 0 Å². The molecule has 1 N–H and O–H groups in total. The molecule has 5 heterocycles. The fourth-order valence-corrected chi connectivity index (χ4v) is 7.23. The van der Waals surface area contributed by atoms with Crippen molar-refractivity contribution in [3.05, 3.63) is 102 Å². The van der Waals surface area contributed by atoms with Crippen molar-refractivity contribution in [2.75, 3.05) is 13.3 Å². The Bertz CT molecular complexity index is 2420. The largest absolute Gasteiger partial charge is 0.463 e. The average Bonchev–Trinajstić information content (AvgIpc) is 3.84. The lowest BCUT2D eigenvalue weighted by Gasteiger charge is -2.44. The molecule has 2 aliphatic heterocycles. The topological polar surface area (TPSA) is 195 Å². The average molecular weight is 779 g/mol. The molecule has 0 spiro atoms. The molecule has 0 saturated carbocycles. The van der Waals surface area contributed by atoms with Crippen molar-refractivity contribution in [3.8, 4) is 0 Å². The van der Waals surface area contributed by atoms with Crippen molar-refractivity contribution in [3.63, 3.8) is 0 Å². The van der Waals surface area contributed by atoms with Gasteiger partial charge in [-0.15, -0.1) is 0 Å². The first kappa shape index (κ1) is 38.6.